The van der Waals surface area contributed by atoms with Crippen molar-refractivity contribution >= 4 is 5.97 Å². The van der Waals surface area contributed by atoms with Crippen molar-refractivity contribution in [3.63, 3.8) is 0 Å². The summed E-state index contributed by atoms with van der Waals surface area (Å²) in [6.07, 6.45) is 0. The van der Waals surface area contributed by atoms with E-state index in [9.17, 15) is 15.0 Å². The molecule has 0 fully saturated rings. The van der Waals surface area contributed by atoms with Crippen LogP contribution in [0.2, 0.25) is 0 Å². The van der Waals surface area contributed by atoms with Crippen LogP contribution >= 0.6 is 0 Å². The first-order valence-corrected chi connectivity index (χ1v) is 6.27. The average molecular weight is 272 g/mol. The van der Waals surface area contributed by atoms with Crippen molar-refractivity contribution in [2.24, 2.45) is 0 Å². The van der Waals surface area contributed by atoms with Crippen molar-refractivity contribution < 1.29 is 19.7 Å². The molecule has 0 saturated carbocycles. The third-order valence-electron chi connectivity index (χ3n) is 3.00. The van der Waals surface area contributed by atoms with Crippen LogP contribution in [0, 0.1) is 6.92 Å². The first kappa shape index (κ1) is 13.9. The maximum Gasteiger partial charge on any atom is 0.314 e. The molecule has 2 aromatic carbocycles. The van der Waals surface area contributed by atoms with E-state index in [0.717, 1.165) is 11.1 Å². The van der Waals surface area contributed by atoms with E-state index in [2.05, 4.69) is 0 Å². The quantitative estimate of drug-likeness (QED) is 0.878. The fourth-order valence-electron chi connectivity index (χ4n) is 1.92. The number of rotatable bonds is 5. The molecule has 0 aliphatic heterocycles. The van der Waals surface area contributed by atoms with E-state index in [4.69, 9.17) is 4.74 Å². The summed E-state index contributed by atoms with van der Waals surface area (Å²) in [5.41, 5.74) is 1.73. The number of phenols is 1. The summed E-state index contributed by atoms with van der Waals surface area (Å²) < 4.78 is 5.49. The minimum Gasteiger partial charge on any atom is -0.508 e. The van der Waals surface area contributed by atoms with Gasteiger partial charge in [-0.05, 0) is 36.8 Å². The topological polar surface area (TPSA) is 66.8 Å². The van der Waals surface area contributed by atoms with Crippen LogP contribution in [0.15, 0.2) is 48.5 Å². The van der Waals surface area contributed by atoms with Gasteiger partial charge < -0.3 is 14.9 Å². The number of aromatic hydroxyl groups is 1. The first-order valence-electron chi connectivity index (χ1n) is 6.27. The Balaban J connectivity index is 2.10. The Hall–Kier alpha value is -2.49. The highest BCUT2D eigenvalue weighted by Gasteiger charge is 2.20. The molecular weight excluding hydrogens is 256 g/mol. The molecule has 2 rings (SSSR count). The van der Waals surface area contributed by atoms with Crippen LogP contribution in [0.3, 0.4) is 0 Å². The molecule has 0 aliphatic rings. The zero-order valence-corrected chi connectivity index (χ0v) is 11.1. The predicted octanol–water partition coefficient (Wildman–Crippen LogP) is 2.95. The van der Waals surface area contributed by atoms with Crippen molar-refractivity contribution in [2.75, 3.05) is 6.61 Å². The van der Waals surface area contributed by atoms with Gasteiger partial charge in [0.05, 0.1) is 0 Å². The van der Waals surface area contributed by atoms with Crippen LogP contribution in [0.25, 0.3) is 0 Å². The van der Waals surface area contributed by atoms with Crippen LogP contribution in [-0.2, 0) is 4.79 Å². The Morgan fingerprint density at radius 1 is 1.20 bits per heavy atom. The Labute approximate surface area is 117 Å². The zero-order valence-electron chi connectivity index (χ0n) is 11.1. The van der Waals surface area contributed by atoms with Crippen molar-refractivity contribution in [3.05, 3.63) is 59.7 Å². The minimum absolute atomic E-state index is 0.0452. The Bertz CT molecular complexity index is 590. The summed E-state index contributed by atoms with van der Waals surface area (Å²) in [6, 6.07) is 13.6. The third-order valence-corrected chi connectivity index (χ3v) is 3.00. The first-order chi connectivity index (χ1) is 9.56. The number of carboxylic acids is 1. The van der Waals surface area contributed by atoms with Gasteiger partial charge in [0.25, 0.3) is 0 Å². The molecule has 20 heavy (non-hydrogen) atoms. The molecule has 1 atom stereocenters. The lowest BCUT2D eigenvalue weighted by Gasteiger charge is -2.14. The van der Waals surface area contributed by atoms with E-state index < -0.39 is 11.9 Å². The van der Waals surface area contributed by atoms with Gasteiger partial charge >= 0.3 is 5.97 Å². The van der Waals surface area contributed by atoms with Crippen LogP contribution in [0.1, 0.15) is 17.0 Å². The summed E-state index contributed by atoms with van der Waals surface area (Å²) in [6.45, 7) is 1.97. The molecule has 0 aliphatic carbocycles. The van der Waals surface area contributed by atoms with Gasteiger partial charge in [-0.3, -0.25) is 4.79 Å². The molecule has 0 amide bonds. The largest absolute Gasteiger partial charge is 0.508 e. The van der Waals surface area contributed by atoms with Crippen molar-refractivity contribution in [3.8, 4) is 11.5 Å². The van der Waals surface area contributed by atoms with Gasteiger partial charge in [0.1, 0.15) is 24.0 Å². The monoisotopic (exact) mass is 272 g/mol. The van der Waals surface area contributed by atoms with E-state index in [1.54, 1.807) is 18.2 Å². The molecule has 0 bridgehead atoms. The van der Waals surface area contributed by atoms with E-state index in [0.29, 0.717) is 5.75 Å². The second-order valence-electron chi connectivity index (χ2n) is 4.61. The highest BCUT2D eigenvalue weighted by atomic mass is 16.5. The summed E-state index contributed by atoms with van der Waals surface area (Å²) in [4.78, 5) is 11.4. The second kappa shape index (κ2) is 6.10. The molecule has 0 spiro atoms. The van der Waals surface area contributed by atoms with E-state index in [1.807, 2.05) is 25.1 Å². The van der Waals surface area contributed by atoms with Gasteiger partial charge in [0, 0.05) is 0 Å². The minimum atomic E-state index is -0.922. The lowest BCUT2D eigenvalue weighted by atomic mass is 9.98. The lowest BCUT2D eigenvalue weighted by molar-refractivity contribution is -0.139. The molecule has 2 N–H and O–H groups in total. The number of carboxylic acid groups (broad SMARTS) is 1. The molecule has 1 unspecified atom stereocenters. The Morgan fingerprint density at radius 2 is 1.90 bits per heavy atom. The number of hydrogen-bond donors (Lipinski definition) is 2. The summed E-state index contributed by atoms with van der Waals surface area (Å²) in [7, 11) is 0. The molecule has 2 aromatic rings. The van der Waals surface area contributed by atoms with Crippen LogP contribution in [-0.4, -0.2) is 22.8 Å². The van der Waals surface area contributed by atoms with Gasteiger partial charge in [-0.2, -0.15) is 0 Å². The molecule has 0 radical (unpaired) electrons. The van der Waals surface area contributed by atoms with Crippen LogP contribution in [0.5, 0.6) is 11.5 Å². The zero-order chi connectivity index (χ0) is 14.5. The number of ether oxygens (including phenoxy) is 1. The van der Waals surface area contributed by atoms with E-state index in [1.165, 1.54) is 12.1 Å². The maximum absolute atomic E-state index is 11.4. The number of aliphatic carboxylic acids is 1. The van der Waals surface area contributed by atoms with Gasteiger partial charge in [-0.1, -0.05) is 29.8 Å². The van der Waals surface area contributed by atoms with Gasteiger partial charge in [-0.25, -0.2) is 0 Å². The molecular formula is C16H16O4. The Kier molecular flexibility index (Phi) is 4.25. The highest BCUT2D eigenvalue weighted by Crippen LogP contribution is 2.21. The number of benzene rings is 2. The molecule has 4 heteroatoms. The van der Waals surface area contributed by atoms with Crippen molar-refractivity contribution in [2.45, 2.75) is 12.8 Å². The van der Waals surface area contributed by atoms with E-state index in [-0.39, 0.29) is 12.4 Å². The fraction of sp³-hybridized carbons (Fsp3) is 0.188. The van der Waals surface area contributed by atoms with Gasteiger partial charge in [0.2, 0.25) is 0 Å². The summed E-state index contributed by atoms with van der Waals surface area (Å²) in [5.74, 6) is -0.967. The number of carbonyl (C=O) groups is 1. The Morgan fingerprint density at radius 3 is 2.50 bits per heavy atom. The second-order valence-corrected chi connectivity index (χ2v) is 4.61. The van der Waals surface area contributed by atoms with Crippen LogP contribution < -0.4 is 4.74 Å². The van der Waals surface area contributed by atoms with Crippen LogP contribution in [0.4, 0.5) is 0 Å². The molecule has 0 heterocycles. The summed E-state index contributed by atoms with van der Waals surface area (Å²) >= 11 is 0. The van der Waals surface area contributed by atoms with E-state index >= 15 is 0 Å². The predicted molar refractivity (Wildman–Crippen MR) is 75.2 cm³/mol. The molecule has 4 nitrogen and oxygen atoms in total. The van der Waals surface area contributed by atoms with Gasteiger partial charge in [0.15, 0.2) is 0 Å². The number of aryl methyl sites for hydroxylation is 1. The van der Waals surface area contributed by atoms with Crippen molar-refractivity contribution in [1.82, 2.24) is 0 Å². The average Bonchev–Trinajstić information content (AvgIpc) is 2.41. The number of phenolic OH excluding ortho intramolecular Hbond substituents is 1. The molecule has 104 valence electrons. The maximum atomic E-state index is 11.4. The van der Waals surface area contributed by atoms with Gasteiger partial charge in [-0.15, -0.1) is 0 Å². The highest BCUT2D eigenvalue weighted by molar-refractivity contribution is 5.76. The standard InChI is InChI=1S/C16H16O4/c1-11-3-2-4-12(9-11)15(16(18)19)10-20-14-7-5-13(17)6-8-14/h2-9,15,17H,10H2,1H3,(H,18,19). The fourth-order valence-corrected chi connectivity index (χ4v) is 1.92. The molecule has 0 saturated heterocycles. The van der Waals surface area contributed by atoms with Crippen molar-refractivity contribution in [1.29, 1.82) is 0 Å². The molecule has 0 aromatic heterocycles. The summed E-state index contributed by atoms with van der Waals surface area (Å²) in [5, 5.41) is 18.5. The normalized spacial score (nSPS) is 11.8. The smallest absolute Gasteiger partial charge is 0.314 e. The number of hydrogen-bond acceptors (Lipinski definition) is 3. The SMILES string of the molecule is Cc1cccc(C(COc2ccc(O)cc2)C(=O)O)c1. The lowest BCUT2D eigenvalue weighted by Crippen LogP contribution is -2.19. The third kappa shape index (κ3) is 3.51.